The van der Waals surface area contributed by atoms with Crippen molar-refractivity contribution < 1.29 is 9.47 Å². The molecule has 0 aliphatic carbocycles. The van der Waals surface area contributed by atoms with Gasteiger partial charge in [0.25, 0.3) is 0 Å². The van der Waals surface area contributed by atoms with Crippen LogP contribution in [0.25, 0.3) is 0 Å². The Morgan fingerprint density at radius 1 is 1.06 bits per heavy atom. The van der Waals surface area contributed by atoms with Crippen LogP contribution >= 0.6 is 0 Å². The van der Waals surface area contributed by atoms with Crippen molar-refractivity contribution in [3.63, 3.8) is 0 Å². The normalized spacial score (nSPS) is 12.7. The zero-order valence-corrected chi connectivity index (χ0v) is 11.0. The molecule has 0 bridgehead atoms. The predicted octanol–water partition coefficient (Wildman–Crippen LogP) is 2.47. The fourth-order valence-electron chi connectivity index (χ4n) is 1.39. The minimum absolute atomic E-state index is 0.219. The van der Waals surface area contributed by atoms with E-state index in [-0.39, 0.29) is 6.10 Å². The summed E-state index contributed by atoms with van der Waals surface area (Å²) in [6.07, 6.45) is 0.219. The maximum Gasteiger partial charge on any atom is 0.119 e. The highest BCUT2D eigenvalue weighted by Gasteiger charge is 2.02. The molecule has 0 amide bonds. The first-order valence-corrected chi connectivity index (χ1v) is 6.21. The monoisotopic (exact) mass is 237 g/mol. The van der Waals surface area contributed by atoms with Crippen molar-refractivity contribution >= 4 is 0 Å². The molecule has 1 rings (SSSR count). The van der Waals surface area contributed by atoms with E-state index >= 15 is 0 Å². The standard InChI is InChI=1S/C14H23NO2/c1-12(2)15-11-13(3)16-9-10-17-14-7-5-4-6-8-14/h4-8,12-13,15H,9-11H2,1-3H3. The van der Waals surface area contributed by atoms with Crippen LogP contribution in [0.4, 0.5) is 0 Å². The largest absolute Gasteiger partial charge is 0.491 e. The molecular formula is C14H23NO2. The molecule has 0 heterocycles. The van der Waals surface area contributed by atoms with Crippen LogP contribution in [-0.2, 0) is 4.74 Å². The summed E-state index contributed by atoms with van der Waals surface area (Å²) >= 11 is 0. The lowest BCUT2D eigenvalue weighted by Crippen LogP contribution is -2.32. The molecule has 1 aromatic rings. The second-order valence-electron chi connectivity index (χ2n) is 4.41. The van der Waals surface area contributed by atoms with Crippen molar-refractivity contribution in [2.75, 3.05) is 19.8 Å². The molecule has 0 saturated heterocycles. The highest BCUT2D eigenvalue weighted by molar-refractivity contribution is 5.20. The number of hydrogen-bond acceptors (Lipinski definition) is 3. The minimum atomic E-state index is 0.219. The highest BCUT2D eigenvalue weighted by atomic mass is 16.5. The fourth-order valence-corrected chi connectivity index (χ4v) is 1.39. The summed E-state index contributed by atoms with van der Waals surface area (Å²) in [5.74, 6) is 0.893. The van der Waals surface area contributed by atoms with Gasteiger partial charge in [-0.05, 0) is 19.1 Å². The fraction of sp³-hybridized carbons (Fsp3) is 0.571. The molecular weight excluding hydrogens is 214 g/mol. The Morgan fingerprint density at radius 3 is 2.41 bits per heavy atom. The molecule has 0 saturated carbocycles. The number of benzene rings is 1. The van der Waals surface area contributed by atoms with Gasteiger partial charge in [0.1, 0.15) is 12.4 Å². The van der Waals surface area contributed by atoms with Crippen LogP contribution < -0.4 is 10.1 Å². The molecule has 0 aromatic heterocycles. The summed E-state index contributed by atoms with van der Waals surface area (Å²) in [5.41, 5.74) is 0. The lowest BCUT2D eigenvalue weighted by molar-refractivity contribution is 0.0438. The predicted molar refractivity (Wildman–Crippen MR) is 70.5 cm³/mol. The van der Waals surface area contributed by atoms with E-state index in [2.05, 4.69) is 26.1 Å². The Labute approximate surface area is 104 Å². The van der Waals surface area contributed by atoms with E-state index in [0.717, 1.165) is 12.3 Å². The third-order valence-electron chi connectivity index (χ3n) is 2.31. The molecule has 1 aromatic carbocycles. The number of ether oxygens (including phenoxy) is 2. The zero-order valence-electron chi connectivity index (χ0n) is 11.0. The molecule has 1 unspecified atom stereocenters. The third kappa shape index (κ3) is 6.97. The van der Waals surface area contributed by atoms with Crippen molar-refractivity contribution in [2.45, 2.75) is 32.9 Å². The number of para-hydroxylation sites is 1. The van der Waals surface area contributed by atoms with Crippen LogP contribution in [0.5, 0.6) is 5.75 Å². The SMILES string of the molecule is CC(C)NCC(C)OCCOc1ccccc1. The Kier molecular flexibility index (Phi) is 6.67. The quantitative estimate of drug-likeness (QED) is 0.705. The highest BCUT2D eigenvalue weighted by Crippen LogP contribution is 2.07. The van der Waals surface area contributed by atoms with Crippen molar-refractivity contribution in [3.8, 4) is 5.75 Å². The third-order valence-corrected chi connectivity index (χ3v) is 2.31. The average Bonchev–Trinajstić information content (AvgIpc) is 2.33. The zero-order chi connectivity index (χ0) is 12.5. The summed E-state index contributed by atoms with van der Waals surface area (Å²) < 4.78 is 11.2. The van der Waals surface area contributed by atoms with Gasteiger partial charge < -0.3 is 14.8 Å². The van der Waals surface area contributed by atoms with Crippen LogP contribution in [0.15, 0.2) is 30.3 Å². The molecule has 3 heteroatoms. The Balaban J connectivity index is 2.04. The van der Waals surface area contributed by atoms with Gasteiger partial charge in [-0.1, -0.05) is 32.0 Å². The number of nitrogens with one attached hydrogen (secondary N) is 1. The van der Waals surface area contributed by atoms with Gasteiger partial charge in [-0.2, -0.15) is 0 Å². The smallest absolute Gasteiger partial charge is 0.119 e. The van der Waals surface area contributed by atoms with Crippen LogP contribution in [-0.4, -0.2) is 31.9 Å². The lowest BCUT2D eigenvalue weighted by atomic mass is 10.3. The minimum Gasteiger partial charge on any atom is -0.491 e. The van der Waals surface area contributed by atoms with E-state index in [1.165, 1.54) is 0 Å². The summed E-state index contributed by atoms with van der Waals surface area (Å²) in [6.45, 7) is 8.42. The topological polar surface area (TPSA) is 30.5 Å². The van der Waals surface area contributed by atoms with Gasteiger partial charge in [0.05, 0.1) is 12.7 Å². The molecule has 0 aliphatic rings. The molecule has 17 heavy (non-hydrogen) atoms. The number of rotatable bonds is 8. The van der Waals surface area contributed by atoms with Gasteiger partial charge >= 0.3 is 0 Å². The lowest BCUT2D eigenvalue weighted by Gasteiger charge is -2.16. The molecule has 1 atom stereocenters. The van der Waals surface area contributed by atoms with E-state index in [9.17, 15) is 0 Å². The van der Waals surface area contributed by atoms with Crippen molar-refractivity contribution in [1.82, 2.24) is 5.32 Å². The summed E-state index contributed by atoms with van der Waals surface area (Å²) in [6, 6.07) is 10.3. The van der Waals surface area contributed by atoms with Crippen molar-refractivity contribution in [1.29, 1.82) is 0 Å². The van der Waals surface area contributed by atoms with E-state index < -0.39 is 0 Å². The summed E-state index contributed by atoms with van der Waals surface area (Å²) in [7, 11) is 0. The first-order chi connectivity index (χ1) is 8.18. The van der Waals surface area contributed by atoms with Gasteiger partial charge in [-0.15, -0.1) is 0 Å². The van der Waals surface area contributed by atoms with Crippen LogP contribution in [0.2, 0.25) is 0 Å². The molecule has 0 fully saturated rings. The van der Waals surface area contributed by atoms with Gasteiger partial charge in [0, 0.05) is 12.6 Å². The molecule has 96 valence electrons. The van der Waals surface area contributed by atoms with Crippen LogP contribution in [0.1, 0.15) is 20.8 Å². The average molecular weight is 237 g/mol. The van der Waals surface area contributed by atoms with Crippen LogP contribution in [0.3, 0.4) is 0 Å². The second-order valence-corrected chi connectivity index (χ2v) is 4.41. The summed E-state index contributed by atoms with van der Waals surface area (Å²) in [4.78, 5) is 0. The first-order valence-electron chi connectivity index (χ1n) is 6.21. The van der Waals surface area contributed by atoms with E-state index in [1.807, 2.05) is 30.3 Å². The van der Waals surface area contributed by atoms with E-state index in [0.29, 0.717) is 19.3 Å². The maximum atomic E-state index is 5.63. The van der Waals surface area contributed by atoms with Gasteiger partial charge in [-0.25, -0.2) is 0 Å². The Hall–Kier alpha value is -1.06. The van der Waals surface area contributed by atoms with Gasteiger partial charge in [0.2, 0.25) is 0 Å². The van der Waals surface area contributed by atoms with Gasteiger partial charge in [-0.3, -0.25) is 0 Å². The second kappa shape index (κ2) is 8.09. The summed E-state index contributed by atoms with van der Waals surface area (Å²) in [5, 5.41) is 3.34. The Morgan fingerprint density at radius 2 is 1.76 bits per heavy atom. The first kappa shape index (κ1) is 14.0. The molecule has 0 spiro atoms. The van der Waals surface area contributed by atoms with E-state index in [4.69, 9.17) is 9.47 Å². The maximum absolute atomic E-state index is 5.63. The molecule has 0 aliphatic heterocycles. The number of hydrogen-bond donors (Lipinski definition) is 1. The van der Waals surface area contributed by atoms with Crippen molar-refractivity contribution in [3.05, 3.63) is 30.3 Å². The Bertz CT molecular complexity index is 288. The molecule has 1 N–H and O–H groups in total. The van der Waals surface area contributed by atoms with Crippen molar-refractivity contribution in [2.24, 2.45) is 0 Å². The van der Waals surface area contributed by atoms with Crippen LogP contribution in [0, 0.1) is 0 Å². The van der Waals surface area contributed by atoms with Gasteiger partial charge in [0.15, 0.2) is 0 Å². The van der Waals surface area contributed by atoms with E-state index in [1.54, 1.807) is 0 Å². The molecule has 3 nitrogen and oxygen atoms in total. The molecule has 0 radical (unpaired) electrons.